The molecule has 0 amide bonds. The van der Waals surface area contributed by atoms with Crippen molar-refractivity contribution in [3.63, 3.8) is 0 Å². The average Bonchev–Trinajstić information content (AvgIpc) is 2.92. The number of hydrogen-bond donors (Lipinski definition) is 1. The number of aliphatic hydroxyl groups excluding tert-OH is 1. The maximum absolute atomic E-state index is 10.7. The molecule has 2 atom stereocenters. The molecule has 1 N–H and O–H groups in total. The zero-order chi connectivity index (χ0) is 16.3. The van der Waals surface area contributed by atoms with E-state index in [1.165, 1.54) is 0 Å². The summed E-state index contributed by atoms with van der Waals surface area (Å²) >= 11 is 5.99. The summed E-state index contributed by atoms with van der Waals surface area (Å²) in [5.41, 5.74) is 0.662. The van der Waals surface area contributed by atoms with Crippen LogP contribution in [-0.4, -0.2) is 26.9 Å². The van der Waals surface area contributed by atoms with Crippen molar-refractivity contribution in [2.45, 2.75) is 46.4 Å². The summed E-state index contributed by atoms with van der Waals surface area (Å²) in [5.74, 6) is 0.734. The van der Waals surface area contributed by atoms with Gasteiger partial charge in [0.05, 0.1) is 19.0 Å². The molecular formula is C17H23ClN2O2. The summed E-state index contributed by atoms with van der Waals surface area (Å²) < 4.78 is 8.01. The van der Waals surface area contributed by atoms with Crippen LogP contribution in [0.4, 0.5) is 0 Å². The quantitative estimate of drug-likeness (QED) is 0.913. The molecule has 0 radical (unpaired) electrons. The summed E-state index contributed by atoms with van der Waals surface area (Å²) in [6, 6.07) is 5.49. The highest BCUT2D eigenvalue weighted by Gasteiger charge is 2.32. The number of imidazole rings is 1. The summed E-state index contributed by atoms with van der Waals surface area (Å²) in [6.45, 7) is 8.46. The van der Waals surface area contributed by atoms with Gasteiger partial charge in [-0.25, -0.2) is 4.98 Å². The highest BCUT2D eigenvalue weighted by atomic mass is 35.5. The first-order valence-electron chi connectivity index (χ1n) is 7.34. The van der Waals surface area contributed by atoms with Crippen LogP contribution in [-0.2, 0) is 6.54 Å². The van der Waals surface area contributed by atoms with Crippen molar-refractivity contribution < 1.29 is 9.84 Å². The monoisotopic (exact) mass is 322 g/mol. The topological polar surface area (TPSA) is 47.3 Å². The third-order valence-electron chi connectivity index (χ3n) is 3.60. The van der Waals surface area contributed by atoms with Crippen LogP contribution in [0.2, 0.25) is 5.02 Å². The Labute approximate surface area is 136 Å². The Morgan fingerprint density at radius 1 is 1.36 bits per heavy atom. The second-order valence-corrected chi connectivity index (χ2v) is 7.07. The van der Waals surface area contributed by atoms with E-state index in [2.05, 4.69) is 4.98 Å². The van der Waals surface area contributed by atoms with Crippen LogP contribution in [0.3, 0.4) is 0 Å². The molecule has 2 aromatic rings. The van der Waals surface area contributed by atoms with Gasteiger partial charge in [0.25, 0.3) is 0 Å². The van der Waals surface area contributed by atoms with Gasteiger partial charge in [-0.1, -0.05) is 32.4 Å². The van der Waals surface area contributed by atoms with Crippen molar-refractivity contribution in [2.75, 3.05) is 0 Å². The van der Waals surface area contributed by atoms with E-state index in [-0.39, 0.29) is 11.5 Å². The summed E-state index contributed by atoms with van der Waals surface area (Å²) in [5, 5.41) is 11.3. The van der Waals surface area contributed by atoms with E-state index in [4.69, 9.17) is 16.3 Å². The van der Waals surface area contributed by atoms with Gasteiger partial charge in [0, 0.05) is 17.4 Å². The minimum absolute atomic E-state index is 0.286. The molecule has 1 heterocycles. The Morgan fingerprint density at radius 2 is 2.09 bits per heavy atom. The van der Waals surface area contributed by atoms with Crippen LogP contribution >= 0.6 is 11.6 Å². The SMILES string of the molecule is Cc1cc(Cl)ccc1OC(Cn1ccnc1)C(O)C(C)(C)C. The number of hydrogen-bond acceptors (Lipinski definition) is 3. The molecular weight excluding hydrogens is 300 g/mol. The second kappa shape index (κ2) is 6.71. The van der Waals surface area contributed by atoms with Crippen molar-refractivity contribution in [1.29, 1.82) is 0 Å². The Hall–Kier alpha value is -1.52. The maximum Gasteiger partial charge on any atom is 0.143 e. The molecule has 0 saturated carbocycles. The molecule has 0 aliphatic heterocycles. The van der Waals surface area contributed by atoms with Gasteiger partial charge in [0.2, 0.25) is 0 Å². The molecule has 2 rings (SSSR count). The van der Waals surface area contributed by atoms with Gasteiger partial charge in [0.15, 0.2) is 0 Å². The van der Waals surface area contributed by atoms with Crippen molar-refractivity contribution in [2.24, 2.45) is 5.41 Å². The van der Waals surface area contributed by atoms with Crippen molar-refractivity contribution in [1.82, 2.24) is 9.55 Å². The summed E-state index contributed by atoms with van der Waals surface area (Å²) in [4.78, 5) is 4.04. The fraction of sp³-hybridized carbons (Fsp3) is 0.471. The molecule has 120 valence electrons. The number of aryl methyl sites for hydroxylation is 1. The van der Waals surface area contributed by atoms with E-state index in [1.54, 1.807) is 18.6 Å². The van der Waals surface area contributed by atoms with Crippen LogP contribution in [0, 0.1) is 12.3 Å². The zero-order valence-electron chi connectivity index (χ0n) is 13.5. The van der Waals surface area contributed by atoms with Crippen LogP contribution in [0.5, 0.6) is 5.75 Å². The first kappa shape index (κ1) is 16.8. The van der Waals surface area contributed by atoms with Crippen molar-refractivity contribution in [3.8, 4) is 5.75 Å². The summed E-state index contributed by atoms with van der Waals surface area (Å²) in [7, 11) is 0. The van der Waals surface area contributed by atoms with Crippen LogP contribution in [0.15, 0.2) is 36.9 Å². The minimum Gasteiger partial charge on any atom is -0.486 e. The number of aliphatic hydroxyl groups is 1. The van der Waals surface area contributed by atoms with E-state index < -0.39 is 6.10 Å². The lowest BCUT2D eigenvalue weighted by atomic mass is 9.85. The summed E-state index contributed by atoms with van der Waals surface area (Å²) in [6.07, 6.45) is 4.30. The van der Waals surface area contributed by atoms with E-state index in [9.17, 15) is 5.11 Å². The molecule has 0 fully saturated rings. The smallest absolute Gasteiger partial charge is 0.143 e. The van der Waals surface area contributed by atoms with E-state index in [1.807, 2.05) is 50.6 Å². The molecule has 0 aliphatic rings. The zero-order valence-corrected chi connectivity index (χ0v) is 14.2. The number of aromatic nitrogens is 2. The van der Waals surface area contributed by atoms with Gasteiger partial charge < -0.3 is 14.4 Å². The van der Waals surface area contributed by atoms with Gasteiger partial charge in [-0.15, -0.1) is 0 Å². The Balaban J connectivity index is 2.23. The number of benzene rings is 1. The van der Waals surface area contributed by atoms with Crippen molar-refractivity contribution >= 4 is 11.6 Å². The molecule has 2 unspecified atom stereocenters. The Kier molecular flexibility index (Phi) is 5.14. The highest BCUT2D eigenvalue weighted by molar-refractivity contribution is 6.30. The van der Waals surface area contributed by atoms with Crippen molar-refractivity contribution in [3.05, 3.63) is 47.5 Å². The number of halogens is 1. The molecule has 1 aromatic carbocycles. The minimum atomic E-state index is -0.620. The standard InChI is InChI=1S/C17H23ClN2O2/c1-12-9-13(18)5-6-14(12)22-15(16(21)17(2,3)4)10-20-8-7-19-11-20/h5-9,11,15-16,21H,10H2,1-4H3. The lowest BCUT2D eigenvalue weighted by Gasteiger charge is -2.33. The second-order valence-electron chi connectivity index (χ2n) is 6.64. The number of rotatable bonds is 5. The third-order valence-corrected chi connectivity index (χ3v) is 3.84. The Bertz CT molecular complexity index is 606. The lowest BCUT2D eigenvalue weighted by Crippen LogP contribution is -2.43. The molecule has 0 aliphatic carbocycles. The van der Waals surface area contributed by atoms with Gasteiger partial charge in [-0.2, -0.15) is 0 Å². The largest absolute Gasteiger partial charge is 0.486 e. The van der Waals surface area contributed by atoms with Crippen LogP contribution in [0.1, 0.15) is 26.3 Å². The van der Waals surface area contributed by atoms with Gasteiger partial charge >= 0.3 is 0 Å². The van der Waals surface area contributed by atoms with Gasteiger partial charge in [0.1, 0.15) is 11.9 Å². The first-order valence-corrected chi connectivity index (χ1v) is 7.72. The van der Waals surface area contributed by atoms with Gasteiger partial charge in [-0.3, -0.25) is 0 Å². The normalized spacial score (nSPS) is 14.6. The molecule has 5 heteroatoms. The van der Waals surface area contributed by atoms with E-state index in [0.29, 0.717) is 11.6 Å². The number of ether oxygens (including phenoxy) is 1. The number of nitrogens with zero attached hydrogens (tertiary/aromatic N) is 2. The molecule has 0 spiro atoms. The maximum atomic E-state index is 10.7. The van der Waals surface area contributed by atoms with Gasteiger partial charge in [-0.05, 0) is 36.1 Å². The van der Waals surface area contributed by atoms with E-state index >= 15 is 0 Å². The molecule has 0 saturated heterocycles. The highest BCUT2D eigenvalue weighted by Crippen LogP contribution is 2.28. The van der Waals surface area contributed by atoms with Crippen LogP contribution in [0.25, 0.3) is 0 Å². The van der Waals surface area contributed by atoms with Crippen LogP contribution < -0.4 is 4.74 Å². The fourth-order valence-corrected chi connectivity index (χ4v) is 2.50. The lowest BCUT2D eigenvalue weighted by molar-refractivity contribution is -0.0386. The predicted molar refractivity (Wildman–Crippen MR) is 88.3 cm³/mol. The average molecular weight is 323 g/mol. The Morgan fingerprint density at radius 3 is 2.64 bits per heavy atom. The fourth-order valence-electron chi connectivity index (χ4n) is 2.27. The molecule has 4 nitrogen and oxygen atoms in total. The predicted octanol–water partition coefficient (Wildman–Crippen LogP) is 3.70. The third kappa shape index (κ3) is 4.24. The van der Waals surface area contributed by atoms with E-state index in [0.717, 1.165) is 11.3 Å². The molecule has 22 heavy (non-hydrogen) atoms. The molecule has 0 bridgehead atoms. The molecule has 1 aromatic heterocycles. The first-order chi connectivity index (χ1) is 10.3.